The number of oxazole rings is 1. The molecule has 8 heteroatoms. The first-order valence-electron chi connectivity index (χ1n) is 10.7. The van der Waals surface area contributed by atoms with E-state index in [1.807, 2.05) is 53.4 Å². The van der Waals surface area contributed by atoms with E-state index in [1.165, 1.54) is 12.5 Å². The fourth-order valence-electron chi connectivity index (χ4n) is 4.47. The van der Waals surface area contributed by atoms with E-state index in [4.69, 9.17) is 16.0 Å². The van der Waals surface area contributed by atoms with Gasteiger partial charge in [-0.25, -0.2) is 4.98 Å². The van der Waals surface area contributed by atoms with Gasteiger partial charge in [0.05, 0.1) is 6.20 Å². The molecule has 2 fully saturated rings. The van der Waals surface area contributed by atoms with E-state index in [0.717, 1.165) is 29.9 Å². The summed E-state index contributed by atoms with van der Waals surface area (Å²) in [5.74, 6) is 0.0545. The SMILES string of the molecule is O=C(c1ncco1)N1CCN(C2CC(=O)N(c3cccc(-c4ccccc4Cl)c3)C2)CC1. The molecule has 0 aliphatic carbocycles. The summed E-state index contributed by atoms with van der Waals surface area (Å²) in [5, 5.41) is 0.687. The van der Waals surface area contributed by atoms with Crippen LogP contribution in [0.2, 0.25) is 5.02 Å². The highest BCUT2D eigenvalue weighted by atomic mass is 35.5. The van der Waals surface area contributed by atoms with Crippen molar-refractivity contribution in [1.82, 2.24) is 14.8 Å². The van der Waals surface area contributed by atoms with Gasteiger partial charge >= 0.3 is 5.91 Å². The van der Waals surface area contributed by atoms with Gasteiger partial charge in [-0.05, 0) is 23.8 Å². The number of hydrogen-bond donors (Lipinski definition) is 0. The second kappa shape index (κ2) is 8.76. The van der Waals surface area contributed by atoms with Crippen LogP contribution in [0.15, 0.2) is 65.4 Å². The Kier molecular flexibility index (Phi) is 5.68. The van der Waals surface area contributed by atoms with Crippen molar-refractivity contribution in [1.29, 1.82) is 0 Å². The molecule has 3 heterocycles. The monoisotopic (exact) mass is 450 g/mol. The molecule has 0 bridgehead atoms. The van der Waals surface area contributed by atoms with Crippen molar-refractivity contribution in [3.8, 4) is 11.1 Å². The van der Waals surface area contributed by atoms with Gasteiger partial charge in [0.25, 0.3) is 5.89 Å². The molecule has 2 saturated heterocycles. The molecule has 32 heavy (non-hydrogen) atoms. The van der Waals surface area contributed by atoms with Crippen LogP contribution >= 0.6 is 11.6 Å². The molecule has 0 radical (unpaired) electrons. The van der Waals surface area contributed by atoms with Gasteiger partial charge in [-0.3, -0.25) is 14.5 Å². The Morgan fingerprint density at radius 3 is 2.62 bits per heavy atom. The van der Waals surface area contributed by atoms with E-state index in [-0.39, 0.29) is 23.7 Å². The first-order valence-corrected chi connectivity index (χ1v) is 11.1. The Balaban J connectivity index is 1.25. The van der Waals surface area contributed by atoms with Crippen molar-refractivity contribution < 1.29 is 14.0 Å². The lowest BCUT2D eigenvalue weighted by Gasteiger charge is -2.37. The maximum atomic E-state index is 12.9. The Labute approximate surface area is 191 Å². The van der Waals surface area contributed by atoms with Crippen molar-refractivity contribution >= 4 is 29.1 Å². The van der Waals surface area contributed by atoms with Gasteiger partial charge in [-0.15, -0.1) is 0 Å². The van der Waals surface area contributed by atoms with E-state index in [2.05, 4.69) is 9.88 Å². The molecule has 2 aromatic carbocycles. The van der Waals surface area contributed by atoms with Crippen LogP contribution in [0, 0.1) is 0 Å². The predicted molar refractivity (Wildman–Crippen MR) is 122 cm³/mol. The van der Waals surface area contributed by atoms with Crippen LogP contribution in [0.3, 0.4) is 0 Å². The topological polar surface area (TPSA) is 69.9 Å². The molecular weight excluding hydrogens is 428 g/mol. The quantitative estimate of drug-likeness (QED) is 0.608. The smallest absolute Gasteiger partial charge is 0.309 e. The summed E-state index contributed by atoms with van der Waals surface area (Å²) in [6, 6.07) is 15.8. The second-order valence-corrected chi connectivity index (χ2v) is 8.47. The minimum Gasteiger partial charge on any atom is -0.441 e. The molecule has 3 aromatic rings. The average Bonchev–Trinajstić information content (AvgIpc) is 3.49. The summed E-state index contributed by atoms with van der Waals surface area (Å²) in [4.78, 5) is 35.1. The molecule has 5 rings (SSSR count). The summed E-state index contributed by atoms with van der Waals surface area (Å²) < 4.78 is 5.13. The number of halogens is 1. The Morgan fingerprint density at radius 1 is 1.06 bits per heavy atom. The minimum atomic E-state index is -0.185. The van der Waals surface area contributed by atoms with E-state index in [1.54, 1.807) is 4.90 Å². The lowest BCUT2D eigenvalue weighted by molar-refractivity contribution is -0.117. The van der Waals surface area contributed by atoms with Crippen molar-refractivity contribution in [2.75, 3.05) is 37.6 Å². The summed E-state index contributed by atoms with van der Waals surface area (Å²) in [6.07, 6.45) is 3.36. The number of piperazine rings is 1. The van der Waals surface area contributed by atoms with Gasteiger partial charge < -0.3 is 14.2 Å². The number of hydrogen-bond acceptors (Lipinski definition) is 5. The largest absolute Gasteiger partial charge is 0.441 e. The van der Waals surface area contributed by atoms with Crippen LogP contribution < -0.4 is 4.90 Å². The van der Waals surface area contributed by atoms with Crippen molar-refractivity contribution in [3.63, 3.8) is 0 Å². The molecule has 1 aromatic heterocycles. The molecule has 164 valence electrons. The highest BCUT2D eigenvalue weighted by molar-refractivity contribution is 6.33. The first-order chi connectivity index (χ1) is 15.6. The molecule has 2 aliphatic heterocycles. The number of nitrogens with zero attached hydrogens (tertiary/aromatic N) is 4. The van der Waals surface area contributed by atoms with Crippen molar-refractivity contribution in [2.45, 2.75) is 12.5 Å². The molecule has 1 unspecified atom stereocenters. The van der Waals surface area contributed by atoms with Gasteiger partial charge in [0, 0.05) is 61.5 Å². The summed E-state index contributed by atoms with van der Waals surface area (Å²) in [6.45, 7) is 3.26. The number of carbonyl (C=O) groups excluding carboxylic acids is 2. The van der Waals surface area contributed by atoms with Crippen LogP contribution in [0.4, 0.5) is 5.69 Å². The normalized spacial score (nSPS) is 19.5. The average molecular weight is 451 g/mol. The van der Waals surface area contributed by atoms with Crippen LogP contribution in [-0.4, -0.2) is 65.4 Å². The minimum absolute atomic E-state index is 0.115. The summed E-state index contributed by atoms with van der Waals surface area (Å²) in [7, 11) is 0. The van der Waals surface area contributed by atoms with Gasteiger partial charge in [0.15, 0.2) is 0 Å². The zero-order chi connectivity index (χ0) is 22.1. The van der Waals surface area contributed by atoms with Crippen LogP contribution in [0.1, 0.15) is 17.1 Å². The molecule has 2 amide bonds. The highest BCUT2D eigenvalue weighted by Gasteiger charge is 2.36. The van der Waals surface area contributed by atoms with Crippen molar-refractivity contribution in [2.24, 2.45) is 0 Å². The predicted octanol–water partition coefficient (Wildman–Crippen LogP) is 3.56. The Morgan fingerprint density at radius 2 is 1.88 bits per heavy atom. The maximum Gasteiger partial charge on any atom is 0.309 e. The Bertz CT molecular complexity index is 1130. The lowest BCUT2D eigenvalue weighted by Crippen LogP contribution is -2.52. The number of aromatic nitrogens is 1. The molecule has 7 nitrogen and oxygen atoms in total. The first kappa shape index (κ1) is 20.7. The van der Waals surface area contributed by atoms with E-state index >= 15 is 0 Å². The van der Waals surface area contributed by atoms with Gasteiger partial charge in [-0.2, -0.15) is 0 Å². The van der Waals surface area contributed by atoms with E-state index < -0.39 is 0 Å². The molecule has 0 N–H and O–H groups in total. The number of anilines is 1. The van der Waals surface area contributed by atoms with E-state index in [0.29, 0.717) is 31.1 Å². The number of rotatable bonds is 4. The summed E-state index contributed by atoms with van der Waals surface area (Å²) in [5.41, 5.74) is 2.82. The third-order valence-corrected chi connectivity index (χ3v) is 6.51. The highest BCUT2D eigenvalue weighted by Crippen LogP contribution is 2.32. The molecule has 1 atom stereocenters. The number of benzene rings is 2. The zero-order valence-electron chi connectivity index (χ0n) is 17.5. The molecule has 2 aliphatic rings. The fourth-order valence-corrected chi connectivity index (χ4v) is 4.72. The third kappa shape index (κ3) is 4.01. The maximum absolute atomic E-state index is 12.9. The standard InChI is InChI=1S/C24H23ClN4O3/c25-21-7-2-1-6-20(21)17-4-3-5-18(14-17)29-16-19(15-22(29)30)27-9-11-28(12-10-27)24(31)23-26-8-13-32-23/h1-8,13-14,19H,9-12,15-16H2. The third-order valence-electron chi connectivity index (χ3n) is 6.18. The fraction of sp³-hybridized carbons (Fsp3) is 0.292. The van der Waals surface area contributed by atoms with Crippen LogP contribution in [0.5, 0.6) is 0 Å². The summed E-state index contributed by atoms with van der Waals surface area (Å²) >= 11 is 6.37. The zero-order valence-corrected chi connectivity index (χ0v) is 18.2. The lowest BCUT2D eigenvalue weighted by atomic mass is 10.0. The van der Waals surface area contributed by atoms with Gasteiger partial charge in [0.2, 0.25) is 5.91 Å². The second-order valence-electron chi connectivity index (χ2n) is 8.06. The van der Waals surface area contributed by atoms with Crippen molar-refractivity contribution in [3.05, 3.63) is 71.9 Å². The molecular formula is C24H23ClN4O3. The van der Waals surface area contributed by atoms with Gasteiger partial charge in [-0.1, -0.05) is 41.9 Å². The van der Waals surface area contributed by atoms with Crippen LogP contribution in [0.25, 0.3) is 11.1 Å². The van der Waals surface area contributed by atoms with Gasteiger partial charge in [0.1, 0.15) is 6.26 Å². The Hall–Kier alpha value is -3.16. The number of amides is 2. The molecule has 0 spiro atoms. The van der Waals surface area contributed by atoms with Crippen LogP contribution in [-0.2, 0) is 4.79 Å². The number of carbonyl (C=O) groups is 2. The molecule has 0 saturated carbocycles. The van der Waals surface area contributed by atoms with E-state index in [9.17, 15) is 9.59 Å².